The molecule has 2 aromatic heterocycles. The van der Waals surface area contributed by atoms with Crippen molar-refractivity contribution < 1.29 is 28.8 Å². The number of aryl methyl sites for hydroxylation is 1. The molecule has 0 fully saturated rings. The standard InChI is InChI=1S/C42H28Cl4N4O6/c1-24-8-34(43)38(12-36(24)53-20-27-9-25(14-47)16-49-18-27)55-22-29-4-2-6-31(40(29)45)32-7-3-5-30(41(32)46)23-56-39-13-37(33(42(51)52)11-35(39)44)54-21-28-10-26(15-48)17-50-19-28/h2-13,16-19H,20-23H2,1H3,(H,51,52). The van der Waals surface area contributed by atoms with Gasteiger partial charge in [-0.1, -0.05) is 82.8 Å². The van der Waals surface area contributed by atoms with Gasteiger partial charge in [0.05, 0.1) is 31.2 Å². The van der Waals surface area contributed by atoms with Crippen LogP contribution in [0.4, 0.5) is 0 Å². The third-order valence-electron chi connectivity index (χ3n) is 8.34. The number of hydrogen-bond acceptors (Lipinski definition) is 9. The molecule has 0 radical (unpaired) electrons. The van der Waals surface area contributed by atoms with Crippen LogP contribution in [0.2, 0.25) is 20.1 Å². The molecule has 56 heavy (non-hydrogen) atoms. The van der Waals surface area contributed by atoms with Crippen LogP contribution in [0.1, 0.15) is 49.3 Å². The maximum atomic E-state index is 12.0. The fourth-order valence-corrected chi connectivity index (χ4v) is 6.57. The second-order valence-corrected chi connectivity index (χ2v) is 13.8. The van der Waals surface area contributed by atoms with Crippen LogP contribution in [0.25, 0.3) is 11.1 Å². The summed E-state index contributed by atoms with van der Waals surface area (Å²) in [6.45, 7) is 2.07. The van der Waals surface area contributed by atoms with Crippen LogP contribution >= 0.6 is 46.4 Å². The van der Waals surface area contributed by atoms with Gasteiger partial charge in [0, 0.05) is 70.3 Å². The third-order valence-corrected chi connectivity index (χ3v) is 9.83. The molecule has 0 aliphatic rings. The summed E-state index contributed by atoms with van der Waals surface area (Å²) in [5, 5.41) is 29.4. The zero-order chi connectivity index (χ0) is 39.8. The van der Waals surface area contributed by atoms with Gasteiger partial charge in [0.25, 0.3) is 0 Å². The van der Waals surface area contributed by atoms with Crippen molar-refractivity contribution >= 4 is 52.4 Å². The number of nitrogens with zero attached hydrogens (tertiary/aromatic N) is 4. The van der Waals surface area contributed by atoms with Crippen LogP contribution in [0.3, 0.4) is 0 Å². The molecule has 10 nitrogen and oxygen atoms in total. The first kappa shape index (κ1) is 39.7. The van der Waals surface area contributed by atoms with E-state index in [-0.39, 0.29) is 48.5 Å². The summed E-state index contributed by atoms with van der Waals surface area (Å²) >= 11 is 26.9. The Kier molecular flexibility index (Phi) is 12.8. The molecule has 14 heteroatoms. The van der Waals surface area contributed by atoms with Crippen molar-refractivity contribution in [2.75, 3.05) is 0 Å². The minimum absolute atomic E-state index is 0.0143. The Morgan fingerprint density at radius 2 is 1.09 bits per heavy atom. The lowest BCUT2D eigenvalue weighted by Crippen LogP contribution is -2.06. The zero-order valence-electron chi connectivity index (χ0n) is 29.4. The fourth-order valence-electron chi connectivity index (χ4n) is 5.52. The van der Waals surface area contributed by atoms with Gasteiger partial charge < -0.3 is 24.1 Å². The molecule has 0 unspecified atom stereocenters. The van der Waals surface area contributed by atoms with E-state index >= 15 is 0 Å². The highest BCUT2D eigenvalue weighted by Gasteiger charge is 2.19. The van der Waals surface area contributed by atoms with E-state index in [0.717, 1.165) is 11.1 Å². The number of aromatic nitrogens is 2. The SMILES string of the molecule is Cc1cc(Cl)c(OCc2cccc(-c3cccc(COc4cc(OCc5cncc(C#N)c5)c(C(=O)O)cc4Cl)c3Cl)c2Cl)cc1OCc1cncc(C#N)c1. The fraction of sp³-hybridized carbons (Fsp3) is 0.119. The summed E-state index contributed by atoms with van der Waals surface area (Å²) in [4.78, 5) is 20.1. The number of benzene rings is 4. The van der Waals surface area contributed by atoms with E-state index in [1.165, 1.54) is 30.7 Å². The number of carboxylic acids is 1. The summed E-state index contributed by atoms with van der Waals surface area (Å²) in [6.07, 6.45) is 6.05. The Hall–Kier alpha value is -6.01. The van der Waals surface area contributed by atoms with Crippen LogP contribution < -0.4 is 18.9 Å². The van der Waals surface area contributed by atoms with Gasteiger partial charge in [-0.05, 0) is 36.8 Å². The number of aromatic carboxylic acids is 1. The van der Waals surface area contributed by atoms with Gasteiger partial charge in [-0.15, -0.1) is 0 Å². The summed E-state index contributed by atoms with van der Waals surface area (Å²) in [6, 6.07) is 24.4. The van der Waals surface area contributed by atoms with Crippen molar-refractivity contribution in [1.29, 1.82) is 10.5 Å². The highest BCUT2D eigenvalue weighted by molar-refractivity contribution is 6.37. The molecule has 0 saturated carbocycles. The van der Waals surface area contributed by atoms with E-state index in [4.69, 9.17) is 65.4 Å². The summed E-state index contributed by atoms with van der Waals surface area (Å²) in [5.74, 6) is -0.112. The van der Waals surface area contributed by atoms with Crippen molar-refractivity contribution in [2.45, 2.75) is 33.4 Å². The van der Waals surface area contributed by atoms with Crippen LogP contribution in [0, 0.1) is 29.6 Å². The first-order valence-electron chi connectivity index (χ1n) is 16.7. The van der Waals surface area contributed by atoms with E-state index in [1.807, 2.05) is 43.3 Å². The lowest BCUT2D eigenvalue weighted by Gasteiger charge is -2.17. The maximum absolute atomic E-state index is 12.0. The quantitative estimate of drug-likeness (QED) is 0.112. The van der Waals surface area contributed by atoms with Crippen LogP contribution in [0.15, 0.2) is 97.6 Å². The van der Waals surface area contributed by atoms with E-state index < -0.39 is 5.97 Å². The first-order chi connectivity index (χ1) is 27.0. The molecule has 0 aliphatic heterocycles. The van der Waals surface area contributed by atoms with Gasteiger partial charge in [0.2, 0.25) is 0 Å². The molecule has 0 bridgehead atoms. The van der Waals surface area contributed by atoms with Gasteiger partial charge in [-0.2, -0.15) is 10.5 Å². The number of hydrogen-bond donors (Lipinski definition) is 1. The molecule has 0 amide bonds. The van der Waals surface area contributed by atoms with Gasteiger partial charge in [-0.3, -0.25) is 9.97 Å². The molecule has 6 rings (SSSR count). The van der Waals surface area contributed by atoms with Crippen molar-refractivity contribution in [3.05, 3.63) is 162 Å². The molecule has 0 atom stereocenters. The Morgan fingerprint density at radius 3 is 1.59 bits per heavy atom. The second-order valence-electron chi connectivity index (χ2n) is 12.2. The number of rotatable bonds is 14. The number of carboxylic acid groups (broad SMARTS) is 1. The minimum Gasteiger partial charge on any atom is -0.488 e. The molecule has 1 N–H and O–H groups in total. The van der Waals surface area contributed by atoms with Crippen molar-refractivity contribution in [3.63, 3.8) is 0 Å². The van der Waals surface area contributed by atoms with Crippen LogP contribution in [-0.4, -0.2) is 21.0 Å². The predicted octanol–water partition coefficient (Wildman–Crippen LogP) is 10.8. The Balaban J connectivity index is 1.16. The van der Waals surface area contributed by atoms with Crippen molar-refractivity contribution in [3.8, 4) is 46.3 Å². The number of carbonyl (C=O) groups is 1. The monoisotopic (exact) mass is 824 g/mol. The molecular weight excluding hydrogens is 798 g/mol. The molecule has 2 heterocycles. The molecule has 4 aromatic carbocycles. The van der Waals surface area contributed by atoms with Gasteiger partial charge in [0.1, 0.15) is 67.1 Å². The minimum atomic E-state index is -1.24. The molecule has 280 valence electrons. The Bertz CT molecular complexity index is 2540. The molecule has 0 aliphatic carbocycles. The number of nitriles is 2. The molecule has 0 saturated heterocycles. The van der Waals surface area contributed by atoms with Crippen LogP contribution in [-0.2, 0) is 26.4 Å². The summed E-state index contributed by atoms with van der Waals surface area (Å²) in [7, 11) is 0. The average molecular weight is 827 g/mol. The topological polar surface area (TPSA) is 148 Å². The average Bonchev–Trinajstić information content (AvgIpc) is 3.20. The lowest BCUT2D eigenvalue weighted by atomic mass is 10.0. The molecule has 0 spiro atoms. The van der Waals surface area contributed by atoms with Gasteiger partial charge in [-0.25, -0.2) is 4.79 Å². The van der Waals surface area contributed by atoms with Crippen molar-refractivity contribution in [2.24, 2.45) is 0 Å². The Morgan fingerprint density at radius 1 is 0.625 bits per heavy atom. The third kappa shape index (κ3) is 9.43. The molecular formula is C42H28Cl4N4O6. The van der Waals surface area contributed by atoms with E-state index in [0.29, 0.717) is 65.5 Å². The van der Waals surface area contributed by atoms with Crippen molar-refractivity contribution in [1.82, 2.24) is 9.97 Å². The maximum Gasteiger partial charge on any atom is 0.339 e. The number of ether oxygens (including phenoxy) is 4. The largest absolute Gasteiger partial charge is 0.488 e. The highest BCUT2D eigenvalue weighted by atomic mass is 35.5. The normalized spacial score (nSPS) is 10.6. The number of pyridine rings is 2. The smallest absolute Gasteiger partial charge is 0.339 e. The number of halogens is 4. The summed E-state index contributed by atoms with van der Waals surface area (Å²) in [5.41, 5.74) is 5.31. The Labute approximate surface area is 341 Å². The van der Waals surface area contributed by atoms with E-state index in [9.17, 15) is 20.4 Å². The highest BCUT2D eigenvalue weighted by Crippen LogP contribution is 2.40. The van der Waals surface area contributed by atoms with E-state index in [2.05, 4.69) is 16.0 Å². The zero-order valence-corrected chi connectivity index (χ0v) is 32.4. The molecule has 6 aromatic rings. The second kappa shape index (κ2) is 18.1. The lowest BCUT2D eigenvalue weighted by molar-refractivity contribution is 0.0691. The van der Waals surface area contributed by atoms with Crippen LogP contribution in [0.5, 0.6) is 23.0 Å². The predicted molar refractivity (Wildman–Crippen MR) is 212 cm³/mol. The summed E-state index contributed by atoms with van der Waals surface area (Å²) < 4.78 is 24.0. The van der Waals surface area contributed by atoms with Gasteiger partial charge >= 0.3 is 5.97 Å². The van der Waals surface area contributed by atoms with E-state index in [1.54, 1.807) is 36.5 Å². The first-order valence-corrected chi connectivity index (χ1v) is 18.2. The van der Waals surface area contributed by atoms with Gasteiger partial charge in [0.15, 0.2) is 0 Å².